The molecule has 1 heterocycles. The van der Waals surface area contributed by atoms with Crippen molar-refractivity contribution in [2.75, 3.05) is 0 Å². The second-order valence-corrected chi connectivity index (χ2v) is 3.66. The van der Waals surface area contributed by atoms with Gasteiger partial charge in [0.15, 0.2) is 0 Å². The van der Waals surface area contributed by atoms with Gasteiger partial charge in [-0.15, -0.1) is 0 Å². The van der Waals surface area contributed by atoms with E-state index >= 15 is 0 Å². The van der Waals surface area contributed by atoms with Crippen molar-refractivity contribution in [3.05, 3.63) is 12.7 Å². The Morgan fingerprint density at radius 1 is 1.50 bits per heavy atom. The zero-order valence-corrected chi connectivity index (χ0v) is 7.75. The second kappa shape index (κ2) is 3.74. The predicted molar refractivity (Wildman–Crippen MR) is 47.6 cm³/mol. The lowest BCUT2D eigenvalue weighted by atomic mass is 9.89. The molecule has 0 aromatic carbocycles. The summed E-state index contributed by atoms with van der Waals surface area (Å²) in [6.45, 7) is 7.89. The Balaban J connectivity index is 2.65. The highest BCUT2D eigenvalue weighted by Crippen LogP contribution is 2.26. The SMILES string of the molecule is C=CC1CC(C)C(C)CC(=O)O1. The molecular weight excluding hydrogens is 152 g/mol. The Morgan fingerprint density at radius 2 is 2.17 bits per heavy atom. The zero-order chi connectivity index (χ0) is 9.14. The molecular formula is C10H16O2. The van der Waals surface area contributed by atoms with Gasteiger partial charge in [-0.1, -0.05) is 26.5 Å². The number of hydrogen-bond donors (Lipinski definition) is 0. The summed E-state index contributed by atoms with van der Waals surface area (Å²) in [5.41, 5.74) is 0. The Bertz CT molecular complexity index is 186. The Hall–Kier alpha value is -0.790. The zero-order valence-electron chi connectivity index (χ0n) is 7.75. The van der Waals surface area contributed by atoms with E-state index in [1.54, 1.807) is 6.08 Å². The topological polar surface area (TPSA) is 26.3 Å². The van der Waals surface area contributed by atoms with Crippen molar-refractivity contribution in [2.45, 2.75) is 32.8 Å². The van der Waals surface area contributed by atoms with Crippen molar-refractivity contribution in [1.82, 2.24) is 0 Å². The summed E-state index contributed by atoms with van der Waals surface area (Å²) in [5.74, 6) is 0.888. The molecule has 0 amide bonds. The number of carbonyl (C=O) groups excluding carboxylic acids is 1. The average molecular weight is 168 g/mol. The third-order valence-electron chi connectivity index (χ3n) is 2.61. The maximum absolute atomic E-state index is 11.1. The normalized spacial score (nSPS) is 36.8. The summed E-state index contributed by atoms with van der Waals surface area (Å²) in [7, 11) is 0. The molecule has 0 bridgehead atoms. The molecule has 2 heteroatoms. The van der Waals surface area contributed by atoms with Gasteiger partial charge in [-0.25, -0.2) is 0 Å². The van der Waals surface area contributed by atoms with Crippen LogP contribution in [-0.2, 0) is 9.53 Å². The summed E-state index contributed by atoms with van der Waals surface area (Å²) < 4.78 is 5.14. The Morgan fingerprint density at radius 3 is 2.75 bits per heavy atom. The van der Waals surface area contributed by atoms with Crippen LogP contribution in [0.15, 0.2) is 12.7 Å². The first-order valence-corrected chi connectivity index (χ1v) is 4.45. The molecule has 12 heavy (non-hydrogen) atoms. The number of esters is 1. The van der Waals surface area contributed by atoms with E-state index in [-0.39, 0.29) is 12.1 Å². The highest BCUT2D eigenvalue weighted by Gasteiger charge is 2.25. The summed E-state index contributed by atoms with van der Waals surface area (Å²) in [5, 5.41) is 0. The number of hydrogen-bond acceptors (Lipinski definition) is 2. The van der Waals surface area contributed by atoms with E-state index in [4.69, 9.17) is 4.74 Å². The van der Waals surface area contributed by atoms with Gasteiger partial charge in [0, 0.05) is 6.42 Å². The molecule has 1 fully saturated rings. The van der Waals surface area contributed by atoms with Crippen LogP contribution in [0.5, 0.6) is 0 Å². The van der Waals surface area contributed by atoms with Crippen LogP contribution < -0.4 is 0 Å². The van der Waals surface area contributed by atoms with Gasteiger partial charge in [0.1, 0.15) is 6.10 Å². The van der Waals surface area contributed by atoms with Crippen molar-refractivity contribution < 1.29 is 9.53 Å². The van der Waals surface area contributed by atoms with Crippen molar-refractivity contribution >= 4 is 5.97 Å². The van der Waals surface area contributed by atoms with Crippen molar-refractivity contribution in [2.24, 2.45) is 11.8 Å². The van der Waals surface area contributed by atoms with E-state index in [2.05, 4.69) is 20.4 Å². The number of rotatable bonds is 1. The predicted octanol–water partition coefficient (Wildman–Crippen LogP) is 2.15. The smallest absolute Gasteiger partial charge is 0.306 e. The summed E-state index contributed by atoms with van der Waals surface area (Å²) in [4.78, 5) is 11.1. The maximum atomic E-state index is 11.1. The Kier molecular flexibility index (Phi) is 2.90. The minimum absolute atomic E-state index is 0.0718. The van der Waals surface area contributed by atoms with Gasteiger partial charge in [0.2, 0.25) is 0 Å². The molecule has 2 nitrogen and oxygen atoms in total. The van der Waals surface area contributed by atoms with Gasteiger partial charge in [-0.05, 0) is 18.3 Å². The first-order chi connectivity index (χ1) is 5.63. The fraction of sp³-hybridized carbons (Fsp3) is 0.700. The quantitative estimate of drug-likeness (QED) is 0.443. The highest BCUT2D eigenvalue weighted by molar-refractivity contribution is 5.70. The number of ether oxygens (including phenoxy) is 1. The molecule has 1 saturated heterocycles. The molecule has 0 spiro atoms. The van der Waals surface area contributed by atoms with Crippen LogP contribution in [0.25, 0.3) is 0 Å². The van der Waals surface area contributed by atoms with Crippen LogP contribution in [0.4, 0.5) is 0 Å². The van der Waals surface area contributed by atoms with Crippen LogP contribution >= 0.6 is 0 Å². The fourth-order valence-corrected chi connectivity index (χ4v) is 1.47. The molecule has 3 atom stereocenters. The van der Waals surface area contributed by atoms with Crippen LogP contribution in [0, 0.1) is 11.8 Å². The van der Waals surface area contributed by atoms with E-state index in [0.29, 0.717) is 18.3 Å². The fourth-order valence-electron chi connectivity index (χ4n) is 1.47. The number of carbonyl (C=O) groups is 1. The van der Waals surface area contributed by atoms with E-state index in [9.17, 15) is 4.79 Å². The van der Waals surface area contributed by atoms with E-state index in [0.717, 1.165) is 6.42 Å². The molecule has 3 unspecified atom stereocenters. The first kappa shape index (κ1) is 9.30. The van der Waals surface area contributed by atoms with E-state index in [1.807, 2.05) is 0 Å². The first-order valence-electron chi connectivity index (χ1n) is 4.45. The van der Waals surface area contributed by atoms with Crippen LogP contribution in [0.3, 0.4) is 0 Å². The monoisotopic (exact) mass is 168 g/mol. The van der Waals surface area contributed by atoms with Gasteiger partial charge >= 0.3 is 5.97 Å². The summed E-state index contributed by atoms with van der Waals surface area (Å²) >= 11 is 0. The third kappa shape index (κ3) is 2.10. The van der Waals surface area contributed by atoms with Crippen LogP contribution in [-0.4, -0.2) is 12.1 Å². The molecule has 1 aliphatic heterocycles. The van der Waals surface area contributed by atoms with Crippen molar-refractivity contribution in [1.29, 1.82) is 0 Å². The maximum Gasteiger partial charge on any atom is 0.306 e. The highest BCUT2D eigenvalue weighted by atomic mass is 16.5. The van der Waals surface area contributed by atoms with Gasteiger partial charge in [0.05, 0.1) is 0 Å². The van der Waals surface area contributed by atoms with Crippen LogP contribution in [0.1, 0.15) is 26.7 Å². The average Bonchev–Trinajstić information content (AvgIpc) is 2.12. The van der Waals surface area contributed by atoms with Crippen molar-refractivity contribution in [3.63, 3.8) is 0 Å². The largest absolute Gasteiger partial charge is 0.458 e. The van der Waals surface area contributed by atoms with E-state index in [1.165, 1.54) is 0 Å². The molecule has 0 N–H and O–H groups in total. The van der Waals surface area contributed by atoms with Gasteiger partial charge < -0.3 is 4.74 Å². The van der Waals surface area contributed by atoms with E-state index < -0.39 is 0 Å². The molecule has 0 aliphatic carbocycles. The van der Waals surface area contributed by atoms with Crippen molar-refractivity contribution in [3.8, 4) is 0 Å². The number of cyclic esters (lactones) is 1. The molecule has 0 aromatic heterocycles. The second-order valence-electron chi connectivity index (χ2n) is 3.66. The van der Waals surface area contributed by atoms with Gasteiger partial charge in [-0.2, -0.15) is 0 Å². The van der Waals surface area contributed by atoms with Gasteiger partial charge in [-0.3, -0.25) is 4.79 Å². The lowest BCUT2D eigenvalue weighted by molar-refractivity contribution is -0.146. The van der Waals surface area contributed by atoms with Crippen LogP contribution in [0.2, 0.25) is 0 Å². The Labute approximate surface area is 73.6 Å². The lowest BCUT2D eigenvalue weighted by Gasteiger charge is -2.15. The molecule has 0 aromatic rings. The minimum Gasteiger partial charge on any atom is -0.458 e. The molecule has 0 saturated carbocycles. The minimum atomic E-state index is -0.0863. The van der Waals surface area contributed by atoms with Gasteiger partial charge in [0.25, 0.3) is 0 Å². The summed E-state index contributed by atoms with van der Waals surface area (Å²) in [6, 6.07) is 0. The third-order valence-corrected chi connectivity index (χ3v) is 2.61. The molecule has 1 aliphatic rings. The molecule has 68 valence electrons. The molecule has 0 radical (unpaired) electrons. The summed E-state index contributed by atoms with van der Waals surface area (Å²) in [6.07, 6.45) is 3.10. The molecule has 1 rings (SSSR count). The lowest BCUT2D eigenvalue weighted by Crippen LogP contribution is -2.13. The standard InChI is InChI=1S/C10H16O2/c1-4-9-5-7(2)8(3)6-10(11)12-9/h4,7-9H,1,5-6H2,2-3H3.